The maximum Gasteiger partial charge on any atom is 0.309 e. The number of likely N-dealkylation sites (tertiary alicyclic amines) is 1. The van der Waals surface area contributed by atoms with E-state index in [4.69, 9.17) is 9.40 Å². The van der Waals surface area contributed by atoms with Gasteiger partial charge in [0.05, 0.1) is 30.6 Å². The zero-order valence-electron chi connectivity index (χ0n) is 24.9. The number of carboxylic acids is 1. The Morgan fingerprint density at radius 3 is 2.72 bits per heavy atom. The molecule has 1 saturated heterocycles. The highest BCUT2D eigenvalue weighted by Crippen LogP contribution is 2.41. The Morgan fingerprint density at radius 1 is 1.28 bits per heavy atom. The van der Waals surface area contributed by atoms with Crippen LogP contribution in [0.2, 0.25) is 0 Å². The van der Waals surface area contributed by atoms with Gasteiger partial charge in [0.2, 0.25) is 5.89 Å². The van der Waals surface area contributed by atoms with Crippen molar-refractivity contribution in [3.8, 4) is 21.3 Å². The third kappa shape index (κ3) is 6.82. The number of hydrogen-bond acceptors (Lipinski definition) is 8. The Bertz CT molecular complexity index is 1730. The minimum Gasteiger partial charge on any atom is -0.481 e. The molecule has 2 aromatic carbocycles. The first-order valence-corrected chi connectivity index (χ1v) is 17.0. The van der Waals surface area contributed by atoms with Crippen molar-refractivity contribution >= 4 is 43.7 Å². The summed E-state index contributed by atoms with van der Waals surface area (Å²) in [5.74, 6) is 3.52. The summed E-state index contributed by atoms with van der Waals surface area (Å²) < 4.78 is 37.2. The zero-order valence-corrected chi connectivity index (χ0v) is 26.6. The van der Waals surface area contributed by atoms with E-state index in [-0.39, 0.29) is 24.2 Å². The number of piperidine rings is 1. The fraction of sp³-hybridized carbons (Fsp3) is 0.452. The molecule has 3 heterocycles. The summed E-state index contributed by atoms with van der Waals surface area (Å²) in [6.45, 7) is 8.78. The highest BCUT2D eigenvalue weighted by Gasteiger charge is 2.31. The normalized spacial score (nSPS) is 18.5. The van der Waals surface area contributed by atoms with Crippen molar-refractivity contribution in [3.63, 3.8) is 0 Å². The van der Waals surface area contributed by atoms with E-state index in [9.17, 15) is 18.5 Å². The second-order valence-electron chi connectivity index (χ2n) is 11.9. The van der Waals surface area contributed by atoms with Crippen LogP contribution in [0, 0.1) is 5.41 Å². The monoisotopic (exact) mass is 627 g/mol. The molecule has 230 valence electrons. The molecule has 2 aromatic heterocycles. The van der Waals surface area contributed by atoms with Crippen LogP contribution in [-0.2, 0) is 27.5 Å². The molecule has 0 bridgehead atoms. The number of carbonyl (C=O) groups is 1. The molecule has 1 unspecified atom stereocenters. The molecule has 12 heteroatoms. The summed E-state index contributed by atoms with van der Waals surface area (Å²) in [5.41, 5.74) is 0.584. The third-order valence-electron chi connectivity index (χ3n) is 7.83. The number of rotatable bonds is 11. The van der Waals surface area contributed by atoms with Gasteiger partial charge in [-0.3, -0.25) is 9.69 Å². The second-order valence-corrected chi connectivity index (χ2v) is 14.9. The number of alkyl halides is 1. The van der Waals surface area contributed by atoms with Crippen LogP contribution in [0.4, 0.5) is 4.39 Å². The van der Waals surface area contributed by atoms with Crippen LogP contribution >= 0.6 is 11.3 Å². The fourth-order valence-electron chi connectivity index (χ4n) is 5.21. The predicted molar refractivity (Wildman–Crippen MR) is 169 cm³/mol. The van der Waals surface area contributed by atoms with E-state index in [1.807, 2.05) is 50.2 Å². The van der Waals surface area contributed by atoms with Crippen LogP contribution in [0.3, 0.4) is 0 Å². The summed E-state index contributed by atoms with van der Waals surface area (Å²) in [6.07, 6.45) is 1.35. The lowest BCUT2D eigenvalue weighted by Gasteiger charge is -2.28. The molecule has 2 N–H and O–H groups in total. The van der Waals surface area contributed by atoms with Gasteiger partial charge in [0.1, 0.15) is 6.17 Å². The largest absolute Gasteiger partial charge is 0.481 e. The van der Waals surface area contributed by atoms with Gasteiger partial charge in [-0.2, -0.15) is 0 Å². The van der Waals surface area contributed by atoms with Gasteiger partial charge in [-0.15, -0.1) is 21.5 Å². The van der Waals surface area contributed by atoms with Crippen LogP contribution in [0.1, 0.15) is 58.5 Å². The number of fused-ring (bicyclic) bond motifs is 1. The maximum absolute atomic E-state index is 14.3. The summed E-state index contributed by atoms with van der Waals surface area (Å²) in [5, 5.41) is 20.0. The molecule has 1 aliphatic heterocycles. The zero-order chi connectivity index (χ0) is 30.9. The molecule has 0 saturated carbocycles. The summed E-state index contributed by atoms with van der Waals surface area (Å²) in [7, 11) is -2.78. The lowest BCUT2D eigenvalue weighted by Crippen LogP contribution is -2.36. The molecular formula is C31H38FN5O4S2. The molecule has 0 radical (unpaired) electrons. The summed E-state index contributed by atoms with van der Waals surface area (Å²) >= 11 is 1.39. The number of hydrogen-bond donors (Lipinski definition) is 2. The van der Waals surface area contributed by atoms with Crippen molar-refractivity contribution in [3.05, 3.63) is 48.0 Å². The minimum atomic E-state index is -2.78. The first kappa shape index (κ1) is 31.2. The molecule has 3 atom stereocenters. The number of benzene rings is 2. The quantitative estimate of drug-likeness (QED) is 0.195. The van der Waals surface area contributed by atoms with Crippen LogP contribution in [-0.4, -0.2) is 66.5 Å². The molecule has 0 spiro atoms. The smallest absolute Gasteiger partial charge is 0.309 e. The second kappa shape index (κ2) is 12.4. The number of aromatic nitrogens is 3. The molecule has 0 aliphatic carbocycles. The van der Waals surface area contributed by atoms with Crippen molar-refractivity contribution < 1.29 is 22.9 Å². The minimum absolute atomic E-state index is 0.0309. The first-order valence-electron chi connectivity index (χ1n) is 14.5. The molecule has 1 fully saturated rings. The average molecular weight is 628 g/mol. The van der Waals surface area contributed by atoms with Crippen molar-refractivity contribution in [2.75, 3.05) is 13.1 Å². The molecule has 1 aliphatic rings. The molecular weight excluding hydrogens is 590 g/mol. The van der Waals surface area contributed by atoms with Gasteiger partial charge >= 0.3 is 5.97 Å². The Morgan fingerprint density at radius 2 is 2.02 bits per heavy atom. The molecule has 0 amide bonds. The van der Waals surface area contributed by atoms with Crippen LogP contribution < -0.4 is 4.72 Å². The fourth-order valence-corrected chi connectivity index (χ4v) is 8.01. The van der Waals surface area contributed by atoms with Crippen molar-refractivity contribution in [2.45, 2.75) is 77.0 Å². The van der Waals surface area contributed by atoms with E-state index < -0.39 is 27.3 Å². The van der Waals surface area contributed by atoms with Gasteiger partial charge in [0.25, 0.3) is 5.89 Å². The Balaban J connectivity index is 1.60. The van der Waals surface area contributed by atoms with E-state index in [0.717, 1.165) is 46.3 Å². The predicted octanol–water partition coefficient (Wildman–Crippen LogP) is 5.98. The molecule has 9 nitrogen and oxygen atoms in total. The van der Waals surface area contributed by atoms with Crippen molar-refractivity contribution in [1.29, 1.82) is 0 Å². The van der Waals surface area contributed by atoms with E-state index in [2.05, 4.69) is 25.7 Å². The van der Waals surface area contributed by atoms with E-state index in [1.165, 1.54) is 11.3 Å². The number of thiazole rings is 1. The van der Waals surface area contributed by atoms with Crippen molar-refractivity contribution in [1.82, 2.24) is 24.8 Å². The number of aliphatic carboxylic acids is 1. The van der Waals surface area contributed by atoms with Gasteiger partial charge in [0, 0.05) is 31.1 Å². The maximum atomic E-state index is 14.3. The topological polar surface area (TPSA) is 121 Å². The van der Waals surface area contributed by atoms with Gasteiger partial charge in [-0.25, -0.2) is 18.3 Å². The Hall–Kier alpha value is -3.19. The molecule has 5 rings (SSSR count). The Labute approximate surface area is 255 Å². The number of nitrogens with one attached hydrogen (secondary N) is 1. The van der Waals surface area contributed by atoms with Crippen molar-refractivity contribution in [2.24, 2.45) is 5.41 Å². The number of halogens is 1. The van der Waals surface area contributed by atoms with Gasteiger partial charge in [-0.05, 0) is 69.3 Å². The summed E-state index contributed by atoms with van der Waals surface area (Å²) in [4.78, 5) is 20.1. The molecule has 43 heavy (non-hydrogen) atoms. The highest BCUT2D eigenvalue weighted by molar-refractivity contribution is 7.98. The average Bonchev–Trinajstić information content (AvgIpc) is 3.58. The third-order valence-corrected chi connectivity index (χ3v) is 10.8. The van der Waals surface area contributed by atoms with Crippen LogP contribution in [0.15, 0.2) is 45.7 Å². The first-order chi connectivity index (χ1) is 20.4. The number of carboxylic acid groups (broad SMARTS) is 1. The summed E-state index contributed by atoms with van der Waals surface area (Å²) in [6, 6.07) is 11.6. The standard InChI is InChI=1S/C31H38FN5O4S2/c1-6-19(2)36-43(5,40)25-14-13-23(21-11-7-8-12-22(21)25)27-24(18-37-15-9-10-20(32)17-37)33-29(42-27)28-35-34-26(41-28)16-31(3,4)30(38)39/h7-8,11-14,19-20H,5-6,9-10,15-18H2,1-4H3,(H,36,40)(H,38,39)/t19-,20-,43?/m1/s1. The van der Waals surface area contributed by atoms with Gasteiger partial charge < -0.3 is 9.52 Å². The lowest BCUT2D eigenvalue weighted by atomic mass is 9.90. The van der Waals surface area contributed by atoms with Crippen LogP contribution in [0.25, 0.3) is 32.1 Å². The molecule has 4 aromatic rings. The van der Waals surface area contributed by atoms with E-state index in [0.29, 0.717) is 29.4 Å². The Kier molecular flexibility index (Phi) is 9.03. The van der Waals surface area contributed by atoms with Crippen LogP contribution in [0.5, 0.6) is 0 Å². The number of nitrogens with zero attached hydrogens (tertiary/aromatic N) is 4. The lowest BCUT2D eigenvalue weighted by molar-refractivity contribution is -0.147. The highest BCUT2D eigenvalue weighted by atomic mass is 32.2. The van der Waals surface area contributed by atoms with Gasteiger partial charge in [-0.1, -0.05) is 37.3 Å². The van der Waals surface area contributed by atoms with E-state index >= 15 is 0 Å². The van der Waals surface area contributed by atoms with Gasteiger partial charge in [0.15, 0.2) is 5.01 Å². The SMILES string of the molecule is C=S(=O)(N[C@H](C)CC)c1ccc(-c2sc(-c3nnc(CC(C)(C)C(=O)O)o3)nc2CN2CCC[C@@H](F)C2)c2ccccc12. The van der Waals surface area contributed by atoms with E-state index in [1.54, 1.807) is 13.8 Å².